The van der Waals surface area contributed by atoms with E-state index < -0.39 is 21.7 Å². The van der Waals surface area contributed by atoms with Gasteiger partial charge in [0.2, 0.25) is 0 Å². The summed E-state index contributed by atoms with van der Waals surface area (Å²) in [5, 5.41) is 9.62. The Kier molecular flexibility index (Phi) is 6.58. The van der Waals surface area contributed by atoms with E-state index in [2.05, 4.69) is 20.6 Å². The number of rotatable bonds is 6. The average molecular weight is 462 g/mol. The highest BCUT2D eigenvalue weighted by Gasteiger charge is 2.33. The van der Waals surface area contributed by atoms with Crippen LogP contribution in [0.3, 0.4) is 0 Å². The summed E-state index contributed by atoms with van der Waals surface area (Å²) in [4.78, 5) is 27.1. The van der Waals surface area contributed by atoms with E-state index in [-0.39, 0.29) is 17.3 Å². The number of aryl methyl sites for hydroxylation is 1. The van der Waals surface area contributed by atoms with Gasteiger partial charge in [-0.2, -0.15) is 5.10 Å². The molecular formula is C21H27N5O5S. The number of carbonyl (C=O) groups excluding carboxylic acids is 2. The minimum Gasteiger partial charge on any atom is -0.379 e. The topological polar surface area (TPSA) is 123 Å². The Morgan fingerprint density at radius 3 is 2.53 bits per heavy atom. The molecule has 0 bridgehead atoms. The van der Waals surface area contributed by atoms with Crippen molar-refractivity contribution >= 4 is 27.5 Å². The van der Waals surface area contributed by atoms with E-state index in [0.717, 1.165) is 25.2 Å². The summed E-state index contributed by atoms with van der Waals surface area (Å²) >= 11 is 0. The van der Waals surface area contributed by atoms with E-state index in [1.165, 1.54) is 4.68 Å². The highest BCUT2D eigenvalue weighted by Crippen LogP contribution is 2.32. The molecule has 32 heavy (non-hydrogen) atoms. The fraction of sp³-hybridized carbons (Fsp3) is 0.476. The molecule has 0 radical (unpaired) electrons. The SMILES string of the molecule is Cc1ccc(-n2nc3c(c2NC(=O)C(=O)NCCCN2CCOCC2)CS(=O)(=O)C3)cc1. The number of hydrogen-bond acceptors (Lipinski definition) is 7. The number of carbonyl (C=O) groups is 2. The molecule has 0 atom stereocenters. The standard InChI is InChI=1S/C21H27N5O5S/c1-15-3-5-16(6-4-15)26-19(17-13-32(29,30)14-18(17)24-26)23-21(28)20(27)22-7-2-8-25-9-11-31-12-10-25/h3-6H,2,7-14H2,1H3,(H,22,27)(H,23,28). The fourth-order valence-electron chi connectivity index (χ4n) is 3.82. The summed E-state index contributed by atoms with van der Waals surface area (Å²) in [6.07, 6.45) is 0.716. The zero-order chi connectivity index (χ0) is 22.7. The summed E-state index contributed by atoms with van der Waals surface area (Å²) in [6.45, 7) is 6.29. The third-order valence-corrected chi connectivity index (χ3v) is 6.99. The number of morpholine rings is 1. The molecule has 2 aromatic rings. The summed E-state index contributed by atoms with van der Waals surface area (Å²) in [7, 11) is -3.32. The van der Waals surface area contributed by atoms with Crippen LogP contribution in [0.1, 0.15) is 23.2 Å². The number of nitrogens with one attached hydrogen (secondary N) is 2. The zero-order valence-electron chi connectivity index (χ0n) is 18.0. The van der Waals surface area contributed by atoms with Crippen LogP contribution < -0.4 is 10.6 Å². The summed E-state index contributed by atoms with van der Waals surface area (Å²) in [5.74, 6) is -1.80. The monoisotopic (exact) mass is 461 g/mol. The number of fused-ring (bicyclic) bond motifs is 1. The molecule has 2 aliphatic rings. The zero-order valence-corrected chi connectivity index (χ0v) is 18.8. The van der Waals surface area contributed by atoms with Crippen molar-refractivity contribution in [2.75, 3.05) is 44.7 Å². The van der Waals surface area contributed by atoms with Gasteiger partial charge in [-0.05, 0) is 32.0 Å². The number of anilines is 1. The Balaban J connectivity index is 1.42. The van der Waals surface area contributed by atoms with Crippen molar-refractivity contribution in [2.45, 2.75) is 24.9 Å². The lowest BCUT2D eigenvalue weighted by molar-refractivity contribution is -0.136. The van der Waals surface area contributed by atoms with Gasteiger partial charge in [0, 0.05) is 25.2 Å². The van der Waals surface area contributed by atoms with E-state index in [9.17, 15) is 18.0 Å². The number of benzene rings is 1. The minimum absolute atomic E-state index is 0.183. The predicted octanol–water partition coefficient (Wildman–Crippen LogP) is 0.386. The third-order valence-electron chi connectivity index (χ3n) is 5.54. The quantitative estimate of drug-likeness (QED) is 0.471. The minimum atomic E-state index is -3.32. The Morgan fingerprint density at radius 1 is 1.09 bits per heavy atom. The Labute approximate surface area is 186 Å². The second kappa shape index (κ2) is 9.39. The Hall–Kier alpha value is -2.76. The maximum Gasteiger partial charge on any atom is 0.314 e. The molecular weight excluding hydrogens is 434 g/mol. The van der Waals surface area contributed by atoms with Gasteiger partial charge in [-0.25, -0.2) is 13.1 Å². The first-order chi connectivity index (χ1) is 15.3. The second-order valence-electron chi connectivity index (χ2n) is 8.07. The normalized spacial score (nSPS) is 17.7. The van der Waals surface area contributed by atoms with Crippen molar-refractivity contribution in [1.82, 2.24) is 20.0 Å². The molecule has 4 rings (SSSR count). The van der Waals surface area contributed by atoms with Crippen molar-refractivity contribution in [3.8, 4) is 5.69 Å². The first-order valence-corrected chi connectivity index (χ1v) is 12.4. The summed E-state index contributed by atoms with van der Waals surface area (Å²) in [6, 6.07) is 7.44. The van der Waals surface area contributed by atoms with Crippen molar-refractivity contribution < 1.29 is 22.7 Å². The molecule has 10 nitrogen and oxygen atoms in total. The first-order valence-electron chi connectivity index (χ1n) is 10.6. The molecule has 0 saturated carbocycles. The molecule has 1 fully saturated rings. The van der Waals surface area contributed by atoms with Crippen LogP contribution in [-0.4, -0.2) is 74.3 Å². The molecule has 0 unspecified atom stereocenters. The van der Waals surface area contributed by atoms with Gasteiger partial charge in [0.05, 0.1) is 36.1 Å². The Bertz CT molecular complexity index is 1100. The summed E-state index contributed by atoms with van der Waals surface area (Å²) < 4.78 is 30.9. The number of aromatic nitrogens is 2. The van der Waals surface area contributed by atoms with Gasteiger partial charge < -0.3 is 15.4 Å². The van der Waals surface area contributed by atoms with Crippen LogP contribution in [-0.2, 0) is 35.7 Å². The van der Waals surface area contributed by atoms with Crippen LogP contribution in [0.15, 0.2) is 24.3 Å². The van der Waals surface area contributed by atoms with Crippen molar-refractivity contribution in [3.63, 3.8) is 0 Å². The molecule has 0 aliphatic carbocycles. The maximum absolute atomic E-state index is 12.6. The van der Waals surface area contributed by atoms with Gasteiger partial charge >= 0.3 is 11.8 Å². The molecule has 1 saturated heterocycles. The average Bonchev–Trinajstić information content (AvgIpc) is 3.24. The van der Waals surface area contributed by atoms with Crippen molar-refractivity contribution in [1.29, 1.82) is 0 Å². The van der Waals surface area contributed by atoms with Crippen LogP contribution in [0.4, 0.5) is 5.82 Å². The molecule has 172 valence electrons. The number of hydrogen-bond donors (Lipinski definition) is 2. The molecule has 11 heteroatoms. The lowest BCUT2D eigenvalue weighted by Gasteiger charge is -2.26. The number of nitrogens with zero attached hydrogens (tertiary/aromatic N) is 3. The van der Waals surface area contributed by atoms with Gasteiger partial charge in [-0.3, -0.25) is 14.5 Å². The van der Waals surface area contributed by atoms with Crippen molar-refractivity contribution in [3.05, 3.63) is 41.1 Å². The highest BCUT2D eigenvalue weighted by atomic mass is 32.2. The second-order valence-corrected chi connectivity index (χ2v) is 10.1. The van der Waals surface area contributed by atoms with Gasteiger partial charge in [0.1, 0.15) is 5.82 Å². The highest BCUT2D eigenvalue weighted by molar-refractivity contribution is 7.90. The largest absolute Gasteiger partial charge is 0.379 e. The lowest BCUT2D eigenvalue weighted by Crippen LogP contribution is -2.40. The van der Waals surface area contributed by atoms with E-state index in [4.69, 9.17) is 4.74 Å². The van der Waals surface area contributed by atoms with Crippen LogP contribution in [0.2, 0.25) is 0 Å². The van der Waals surface area contributed by atoms with Crippen LogP contribution >= 0.6 is 0 Å². The predicted molar refractivity (Wildman–Crippen MR) is 118 cm³/mol. The van der Waals surface area contributed by atoms with Crippen LogP contribution in [0, 0.1) is 6.92 Å². The fourth-order valence-corrected chi connectivity index (χ4v) is 5.31. The number of sulfone groups is 1. The third kappa shape index (κ3) is 5.17. The molecule has 1 aromatic heterocycles. The number of amides is 2. The van der Waals surface area contributed by atoms with Crippen LogP contribution in [0.25, 0.3) is 5.69 Å². The Morgan fingerprint density at radius 2 is 1.81 bits per heavy atom. The van der Waals surface area contributed by atoms with Crippen LogP contribution in [0.5, 0.6) is 0 Å². The maximum atomic E-state index is 12.6. The molecule has 2 N–H and O–H groups in total. The summed E-state index contributed by atoms with van der Waals surface area (Å²) in [5.41, 5.74) is 2.55. The molecule has 0 spiro atoms. The molecule has 2 amide bonds. The first kappa shape index (κ1) is 22.4. The van der Waals surface area contributed by atoms with E-state index in [1.807, 2.05) is 31.2 Å². The molecule has 1 aromatic carbocycles. The van der Waals surface area contributed by atoms with Gasteiger partial charge in [0.25, 0.3) is 0 Å². The molecule has 2 aliphatic heterocycles. The molecule has 3 heterocycles. The number of ether oxygens (including phenoxy) is 1. The van der Waals surface area contributed by atoms with Gasteiger partial charge in [-0.15, -0.1) is 0 Å². The van der Waals surface area contributed by atoms with Crippen molar-refractivity contribution in [2.24, 2.45) is 0 Å². The lowest BCUT2D eigenvalue weighted by atomic mass is 10.2. The van der Waals surface area contributed by atoms with Gasteiger partial charge in [0.15, 0.2) is 9.84 Å². The van der Waals surface area contributed by atoms with E-state index in [1.54, 1.807) is 0 Å². The van der Waals surface area contributed by atoms with E-state index in [0.29, 0.717) is 43.1 Å². The van der Waals surface area contributed by atoms with Gasteiger partial charge in [-0.1, -0.05) is 17.7 Å². The van der Waals surface area contributed by atoms with E-state index >= 15 is 0 Å². The smallest absolute Gasteiger partial charge is 0.314 e.